The van der Waals surface area contributed by atoms with E-state index in [1.54, 1.807) is 13.0 Å². The lowest BCUT2D eigenvalue weighted by molar-refractivity contribution is -0.135. The fourth-order valence-corrected chi connectivity index (χ4v) is 2.18. The molecule has 0 spiro atoms. The van der Waals surface area contributed by atoms with Crippen molar-refractivity contribution in [3.8, 4) is 0 Å². The summed E-state index contributed by atoms with van der Waals surface area (Å²) < 4.78 is 36.1. The second-order valence-corrected chi connectivity index (χ2v) is 5.52. The minimum absolute atomic E-state index is 0.0661. The quantitative estimate of drug-likeness (QED) is 0.634. The number of alkyl halides is 3. The summed E-state index contributed by atoms with van der Waals surface area (Å²) in [7, 11) is 0. The minimum atomic E-state index is -4.11. The zero-order valence-corrected chi connectivity index (χ0v) is 12.4. The summed E-state index contributed by atoms with van der Waals surface area (Å²) in [4.78, 5) is 0. The summed E-state index contributed by atoms with van der Waals surface area (Å²) in [6.07, 6.45) is -4.44. The highest BCUT2D eigenvalue weighted by molar-refractivity contribution is 6.44. The van der Waals surface area contributed by atoms with Crippen LogP contribution in [0.5, 0.6) is 0 Å². The smallest absolute Gasteiger partial charge is 0.381 e. The van der Waals surface area contributed by atoms with E-state index in [-0.39, 0.29) is 12.5 Å². The highest BCUT2D eigenvalue weighted by Crippen LogP contribution is 2.33. The van der Waals surface area contributed by atoms with Crippen molar-refractivity contribution in [3.63, 3.8) is 0 Å². The molecule has 1 rings (SSSR count). The molecule has 1 unspecified atom stereocenters. The molecule has 0 fully saturated rings. The van der Waals surface area contributed by atoms with Gasteiger partial charge in [0.1, 0.15) is 0 Å². The maximum absolute atomic E-state index is 12.0. The van der Waals surface area contributed by atoms with E-state index < -0.39 is 12.6 Å². The summed E-state index contributed by atoms with van der Waals surface area (Å²) in [6.45, 7) is 1.79. The maximum atomic E-state index is 12.0. The molecule has 1 atom stereocenters. The lowest BCUT2D eigenvalue weighted by Crippen LogP contribution is -2.17. The molecule has 1 aromatic rings. The molecule has 0 saturated carbocycles. The van der Waals surface area contributed by atoms with E-state index in [0.29, 0.717) is 27.2 Å². The lowest BCUT2D eigenvalue weighted by Gasteiger charge is -2.17. The van der Waals surface area contributed by atoms with Gasteiger partial charge in [-0.3, -0.25) is 0 Å². The van der Waals surface area contributed by atoms with Crippen molar-refractivity contribution in [1.29, 1.82) is 0 Å². The van der Waals surface area contributed by atoms with Crippen LogP contribution in [0.2, 0.25) is 15.1 Å². The van der Waals surface area contributed by atoms with Gasteiger partial charge in [-0.2, -0.15) is 13.2 Å². The third kappa shape index (κ3) is 6.11. The Balaban J connectivity index is 2.53. The molecule has 0 amide bonds. The molecule has 0 radical (unpaired) electrons. The molecule has 0 aliphatic heterocycles. The van der Waals surface area contributed by atoms with Crippen LogP contribution in [0, 0.1) is 0 Å². The van der Waals surface area contributed by atoms with Gasteiger partial charge in [0.25, 0.3) is 0 Å². The molecule has 19 heavy (non-hydrogen) atoms. The molecule has 1 aromatic carbocycles. The molecule has 0 aliphatic carbocycles. The minimum Gasteiger partial charge on any atom is -0.381 e. The maximum Gasteiger partial charge on any atom is 0.389 e. The van der Waals surface area contributed by atoms with Crippen LogP contribution in [0.4, 0.5) is 18.9 Å². The number of benzene rings is 1. The first-order valence-electron chi connectivity index (χ1n) is 5.67. The van der Waals surface area contributed by atoms with Crippen LogP contribution in [0.15, 0.2) is 12.1 Å². The van der Waals surface area contributed by atoms with Crippen LogP contribution < -0.4 is 5.32 Å². The summed E-state index contributed by atoms with van der Waals surface area (Å²) in [5.41, 5.74) is 0.565. The fraction of sp³-hybridized carbons (Fsp3) is 0.500. The van der Waals surface area contributed by atoms with Gasteiger partial charge in [0, 0.05) is 12.5 Å². The Morgan fingerprint density at radius 2 is 1.68 bits per heavy atom. The second-order valence-electron chi connectivity index (χ2n) is 4.30. The second kappa shape index (κ2) is 6.91. The number of hydrogen-bond acceptors (Lipinski definition) is 1. The van der Waals surface area contributed by atoms with Crippen LogP contribution in [0.1, 0.15) is 26.2 Å². The molecule has 0 saturated heterocycles. The first kappa shape index (κ1) is 16.7. The molecule has 0 heterocycles. The zero-order chi connectivity index (χ0) is 14.6. The van der Waals surface area contributed by atoms with Gasteiger partial charge >= 0.3 is 6.18 Å². The van der Waals surface area contributed by atoms with Gasteiger partial charge in [-0.25, -0.2) is 0 Å². The summed E-state index contributed by atoms with van der Waals surface area (Å²) in [6, 6.07) is 2.92. The lowest BCUT2D eigenvalue weighted by atomic mass is 10.1. The monoisotopic (exact) mass is 333 g/mol. The highest BCUT2D eigenvalue weighted by Gasteiger charge is 2.26. The molecule has 1 nitrogen and oxygen atoms in total. The van der Waals surface area contributed by atoms with Gasteiger partial charge in [0.2, 0.25) is 0 Å². The topological polar surface area (TPSA) is 12.0 Å². The number of rotatable bonds is 5. The molecule has 0 aliphatic rings. The summed E-state index contributed by atoms with van der Waals surface area (Å²) >= 11 is 17.6. The van der Waals surface area contributed by atoms with Crippen LogP contribution >= 0.6 is 34.8 Å². The zero-order valence-electron chi connectivity index (χ0n) is 10.1. The van der Waals surface area contributed by atoms with Crippen LogP contribution in [0.3, 0.4) is 0 Å². The van der Waals surface area contributed by atoms with Crippen molar-refractivity contribution in [2.24, 2.45) is 0 Å². The first-order valence-corrected chi connectivity index (χ1v) is 6.80. The van der Waals surface area contributed by atoms with Gasteiger partial charge in [-0.05, 0) is 31.9 Å². The van der Waals surface area contributed by atoms with E-state index >= 15 is 0 Å². The van der Waals surface area contributed by atoms with Crippen molar-refractivity contribution in [2.45, 2.75) is 38.4 Å². The third-order valence-electron chi connectivity index (χ3n) is 2.51. The Morgan fingerprint density at radius 3 is 2.26 bits per heavy atom. The average Bonchev–Trinajstić information content (AvgIpc) is 2.24. The SMILES string of the molecule is CC(CCCC(F)(F)F)Nc1cc(Cl)c(Cl)cc1Cl. The normalized spacial score (nSPS) is 13.4. The summed E-state index contributed by atoms with van der Waals surface area (Å²) in [5.74, 6) is 0. The standard InChI is InChI=1S/C12H13Cl3F3N/c1-7(3-2-4-12(16,17)18)19-11-6-9(14)8(13)5-10(11)15/h5-7,19H,2-4H2,1H3. The van der Waals surface area contributed by atoms with Crippen molar-refractivity contribution in [3.05, 3.63) is 27.2 Å². The van der Waals surface area contributed by atoms with Crippen LogP contribution in [0.25, 0.3) is 0 Å². The van der Waals surface area contributed by atoms with Crippen molar-refractivity contribution < 1.29 is 13.2 Å². The van der Waals surface area contributed by atoms with E-state index in [9.17, 15) is 13.2 Å². The molecule has 7 heteroatoms. The van der Waals surface area contributed by atoms with Gasteiger partial charge in [0.15, 0.2) is 0 Å². The average molecular weight is 335 g/mol. The van der Waals surface area contributed by atoms with Crippen LogP contribution in [-0.4, -0.2) is 12.2 Å². The Bertz CT molecular complexity index is 435. The predicted molar refractivity (Wildman–Crippen MR) is 74.5 cm³/mol. The summed E-state index contributed by atoms with van der Waals surface area (Å²) in [5, 5.41) is 4.09. The van der Waals surface area contributed by atoms with E-state index in [1.807, 2.05) is 0 Å². The molecule has 1 N–H and O–H groups in total. The van der Waals surface area contributed by atoms with Crippen molar-refractivity contribution in [2.75, 3.05) is 5.32 Å². The molecule has 0 aromatic heterocycles. The van der Waals surface area contributed by atoms with E-state index in [1.165, 1.54) is 6.07 Å². The highest BCUT2D eigenvalue weighted by atomic mass is 35.5. The van der Waals surface area contributed by atoms with Gasteiger partial charge in [-0.1, -0.05) is 34.8 Å². The molecule has 0 bridgehead atoms. The van der Waals surface area contributed by atoms with Gasteiger partial charge in [-0.15, -0.1) is 0 Å². The Morgan fingerprint density at radius 1 is 1.11 bits per heavy atom. The van der Waals surface area contributed by atoms with Crippen molar-refractivity contribution in [1.82, 2.24) is 0 Å². The van der Waals surface area contributed by atoms with Gasteiger partial charge in [0.05, 0.1) is 20.8 Å². The Hall–Kier alpha value is -0.320. The molecular weight excluding hydrogens is 321 g/mol. The Kier molecular flexibility index (Phi) is 6.09. The molecular formula is C12H13Cl3F3N. The van der Waals surface area contributed by atoms with E-state index in [0.717, 1.165) is 0 Å². The fourth-order valence-electron chi connectivity index (χ4n) is 1.58. The Labute approximate surface area is 125 Å². The van der Waals surface area contributed by atoms with Crippen LogP contribution in [-0.2, 0) is 0 Å². The number of nitrogens with one attached hydrogen (secondary N) is 1. The predicted octanol–water partition coefficient (Wildman–Crippen LogP) is 6.18. The van der Waals surface area contributed by atoms with E-state index in [2.05, 4.69) is 5.32 Å². The number of halogens is 6. The number of anilines is 1. The van der Waals surface area contributed by atoms with Crippen molar-refractivity contribution >= 4 is 40.5 Å². The van der Waals surface area contributed by atoms with Gasteiger partial charge < -0.3 is 5.32 Å². The number of hydrogen-bond donors (Lipinski definition) is 1. The first-order chi connectivity index (χ1) is 8.69. The molecule has 108 valence electrons. The largest absolute Gasteiger partial charge is 0.389 e. The third-order valence-corrected chi connectivity index (χ3v) is 3.54. The van der Waals surface area contributed by atoms with E-state index in [4.69, 9.17) is 34.8 Å².